The number of carbonyl (C=O) groups is 1. The molecule has 0 spiro atoms. The second-order valence-electron chi connectivity index (χ2n) is 4.30. The van der Waals surface area contributed by atoms with E-state index in [1.807, 2.05) is 0 Å². The van der Waals surface area contributed by atoms with Crippen LogP contribution in [0.2, 0.25) is 0 Å². The second-order valence-corrected chi connectivity index (χ2v) is 4.30. The van der Waals surface area contributed by atoms with E-state index in [0.717, 1.165) is 32.5 Å². The van der Waals surface area contributed by atoms with Crippen molar-refractivity contribution in [2.24, 2.45) is 11.8 Å². The zero-order valence-corrected chi connectivity index (χ0v) is 9.28. The molecular weight excluding hydrogens is 194 g/mol. The molecule has 0 bridgehead atoms. The Balaban J connectivity index is 2.14. The van der Waals surface area contributed by atoms with Crippen molar-refractivity contribution >= 4 is 5.91 Å². The van der Waals surface area contributed by atoms with Crippen LogP contribution < -0.4 is 11.3 Å². The number of hydrazine groups is 1. The highest BCUT2D eigenvalue weighted by molar-refractivity contribution is 5.75. The van der Waals surface area contributed by atoms with E-state index in [1.54, 1.807) is 0 Å². The molecule has 5 heteroatoms. The number of hydrogen-bond donors (Lipinski definition) is 3. The van der Waals surface area contributed by atoms with Crippen molar-refractivity contribution in [3.8, 4) is 0 Å². The number of piperidine rings is 1. The van der Waals surface area contributed by atoms with Crippen LogP contribution in [-0.4, -0.2) is 41.7 Å². The molecule has 1 amide bonds. The Kier molecular flexibility index (Phi) is 5.01. The molecule has 0 saturated carbocycles. The molecule has 0 aromatic rings. The number of hydrogen-bond acceptors (Lipinski definition) is 4. The van der Waals surface area contributed by atoms with Crippen LogP contribution in [0.25, 0.3) is 0 Å². The van der Waals surface area contributed by atoms with Crippen LogP contribution >= 0.6 is 0 Å². The minimum absolute atomic E-state index is 0.111. The third-order valence-electron chi connectivity index (χ3n) is 2.98. The maximum absolute atomic E-state index is 10.9. The van der Waals surface area contributed by atoms with Gasteiger partial charge in [-0.05, 0) is 25.3 Å². The SMILES string of the molecule is CC1CN(CCCC(=O)NN)CCC1O. The van der Waals surface area contributed by atoms with Crippen molar-refractivity contribution in [1.82, 2.24) is 10.3 Å². The molecule has 1 saturated heterocycles. The average molecular weight is 215 g/mol. The first-order valence-corrected chi connectivity index (χ1v) is 5.53. The first kappa shape index (κ1) is 12.4. The third-order valence-corrected chi connectivity index (χ3v) is 2.98. The lowest BCUT2D eigenvalue weighted by Gasteiger charge is -2.34. The third kappa shape index (κ3) is 4.15. The lowest BCUT2D eigenvalue weighted by Crippen LogP contribution is -2.42. The van der Waals surface area contributed by atoms with E-state index in [-0.39, 0.29) is 12.0 Å². The van der Waals surface area contributed by atoms with Crippen molar-refractivity contribution in [2.75, 3.05) is 19.6 Å². The maximum atomic E-state index is 10.9. The van der Waals surface area contributed by atoms with E-state index in [0.29, 0.717) is 12.3 Å². The molecule has 1 fully saturated rings. The molecule has 1 heterocycles. The summed E-state index contributed by atoms with van der Waals surface area (Å²) in [5.74, 6) is 5.21. The molecule has 0 radical (unpaired) electrons. The highest BCUT2D eigenvalue weighted by Gasteiger charge is 2.23. The van der Waals surface area contributed by atoms with Gasteiger partial charge in [0.2, 0.25) is 5.91 Å². The summed E-state index contributed by atoms with van der Waals surface area (Å²) < 4.78 is 0. The van der Waals surface area contributed by atoms with Crippen LogP contribution in [-0.2, 0) is 4.79 Å². The summed E-state index contributed by atoms with van der Waals surface area (Å²) in [6.07, 6.45) is 1.98. The van der Waals surface area contributed by atoms with Gasteiger partial charge in [-0.2, -0.15) is 0 Å². The van der Waals surface area contributed by atoms with Gasteiger partial charge in [-0.15, -0.1) is 0 Å². The molecule has 0 aromatic carbocycles. The Hall–Kier alpha value is -0.650. The molecule has 5 nitrogen and oxygen atoms in total. The standard InChI is InChI=1S/C10H21N3O2/c1-8-7-13(6-4-9(8)14)5-2-3-10(15)12-11/h8-9,14H,2-7,11H2,1H3,(H,12,15). The van der Waals surface area contributed by atoms with Crippen LogP contribution in [0.5, 0.6) is 0 Å². The van der Waals surface area contributed by atoms with E-state index in [4.69, 9.17) is 5.84 Å². The number of amides is 1. The molecule has 1 rings (SSSR count). The molecule has 1 aliphatic rings. The lowest BCUT2D eigenvalue weighted by molar-refractivity contribution is -0.121. The number of aliphatic hydroxyl groups is 1. The molecule has 2 unspecified atom stereocenters. The average Bonchev–Trinajstić information content (AvgIpc) is 2.23. The summed E-state index contributed by atoms with van der Waals surface area (Å²) in [5.41, 5.74) is 2.12. The van der Waals surface area contributed by atoms with E-state index in [9.17, 15) is 9.90 Å². The monoisotopic (exact) mass is 215 g/mol. The molecule has 2 atom stereocenters. The highest BCUT2D eigenvalue weighted by Crippen LogP contribution is 2.16. The van der Waals surface area contributed by atoms with Crippen molar-refractivity contribution in [3.05, 3.63) is 0 Å². The molecule has 4 N–H and O–H groups in total. The summed E-state index contributed by atoms with van der Waals surface area (Å²) in [6.45, 7) is 4.81. The van der Waals surface area contributed by atoms with Crippen molar-refractivity contribution in [1.29, 1.82) is 0 Å². The van der Waals surface area contributed by atoms with Crippen molar-refractivity contribution in [2.45, 2.75) is 32.3 Å². The van der Waals surface area contributed by atoms with Gasteiger partial charge in [0.1, 0.15) is 0 Å². The van der Waals surface area contributed by atoms with Gasteiger partial charge in [0, 0.05) is 19.5 Å². The Morgan fingerprint density at radius 1 is 1.67 bits per heavy atom. The number of aliphatic hydroxyl groups excluding tert-OH is 1. The number of likely N-dealkylation sites (tertiary alicyclic amines) is 1. The number of nitrogens with zero attached hydrogens (tertiary/aromatic N) is 1. The van der Waals surface area contributed by atoms with Gasteiger partial charge < -0.3 is 10.0 Å². The summed E-state index contributed by atoms with van der Waals surface area (Å²) in [6, 6.07) is 0. The van der Waals surface area contributed by atoms with Crippen LogP contribution in [0, 0.1) is 5.92 Å². The summed E-state index contributed by atoms with van der Waals surface area (Å²) >= 11 is 0. The summed E-state index contributed by atoms with van der Waals surface area (Å²) in [7, 11) is 0. The molecule has 1 aliphatic heterocycles. The predicted octanol–water partition coefficient (Wildman–Crippen LogP) is -0.541. The topological polar surface area (TPSA) is 78.6 Å². The summed E-state index contributed by atoms with van der Waals surface area (Å²) in [5, 5.41) is 9.54. The van der Waals surface area contributed by atoms with E-state index in [2.05, 4.69) is 17.2 Å². The zero-order chi connectivity index (χ0) is 11.3. The van der Waals surface area contributed by atoms with Gasteiger partial charge in [0.05, 0.1) is 6.10 Å². The van der Waals surface area contributed by atoms with Crippen molar-refractivity contribution < 1.29 is 9.90 Å². The van der Waals surface area contributed by atoms with Gasteiger partial charge in [-0.3, -0.25) is 10.2 Å². The Morgan fingerprint density at radius 3 is 3.00 bits per heavy atom. The zero-order valence-electron chi connectivity index (χ0n) is 9.28. The van der Waals surface area contributed by atoms with Gasteiger partial charge in [-0.25, -0.2) is 5.84 Å². The number of carbonyl (C=O) groups excluding carboxylic acids is 1. The largest absolute Gasteiger partial charge is 0.393 e. The van der Waals surface area contributed by atoms with Gasteiger partial charge in [0.15, 0.2) is 0 Å². The summed E-state index contributed by atoms with van der Waals surface area (Å²) in [4.78, 5) is 13.2. The lowest BCUT2D eigenvalue weighted by atomic mass is 9.96. The Morgan fingerprint density at radius 2 is 2.40 bits per heavy atom. The van der Waals surface area contributed by atoms with E-state index in [1.165, 1.54) is 0 Å². The normalized spacial score (nSPS) is 27.7. The van der Waals surface area contributed by atoms with Crippen LogP contribution in [0.15, 0.2) is 0 Å². The minimum atomic E-state index is -0.159. The van der Waals surface area contributed by atoms with Gasteiger partial charge >= 0.3 is 0 Å². The van der Waals surface area contributed by atoms with E-state index < -0.39 is 0 Å². The quantitative estimate of drug-likeness (QED) is 0.334. The number of rotatable bonds is 4. The molecule has 0 aliphatic carbocycles. The second kappa shape index (κ2) is 6.05. The van der Waals surface area contributed by atoms with Crippen molar-refractivity contribution in [3.63, 3.8) is 0 Å². The molecular formula is C10H21N3O2. The smallest absolute Gasteiger partial charge is 0.233 e. The fourth-order valence-electron chi connectivity index (χ4n) is 1.96. The maximum Gasteiger partial charge on any atom is 0.233 e. The Labute approximate surface area is 90.6 Å². The number of nitrogens with two attached hydrogens (primary N) is 1. The minimum Gasteiger partial charge on any atom is -0.393 e. The van der Waals surface area contributed by atoms with Gasteiger partial charge in [0.25, 0.3) is 0 Å². The van der Waals surface area contributed by atoms with Crippen LogP contribution in [0.3, 0.4) is 0 Å². The number of nitrogens with one attached hydrogen (secondary N) is 1. The fraction of sp³-hybridized carbons (Fsp3) is 0.900. The fourth-order valence-corrected chi connectivity index (χ4v) is 1.96. The predicted molar refractivity (Wildman–Crippen MR) is 57.8 cm³/mol. The Bertz CT molecular complexity index is 211. The molecule has 0 aromatic heterocycles. The first-order valence-electron chi connectivity index (χ1n) is 5.53. The van der Waals surface area contributed by atoms with Crippen LogP contribution in [0.1, 0.15) is 26.2 Å². The molecule has 15 heavy (non-hydrogen) atoms. The van der Waals surface area contributed by atoms with Gasteiger partial charge in [-0.1, -0.05) is 6.92 Å². The first-order chi connectivity index (χ1) is 7.13. The van der Waals surface area contributed by atoms with Crippen LogP contribution in [0.4, 0.5) is 0 Å². The van der Waals surface area contributed by atoms with E-state index >= 15 is 0 Å². The molecule has 88 valence electrons. The highest BCUT2D eigenvalue weighted by atomic mass is 16.3.